The summed E-state index contributed by atoms with van der Waals surface area (Å²) in [5.41, 5.74) is 6.64. The Bertz CT molecular complexity index is 664. The maximum absolute atomic E-state index is 12.9. The van der Waals surface area contributed by atoms with E-state index in [0.29, 0.717) is 10.7 Å². The van der Waals surface area contributed by atoms with Gasteiger partial charge in [-0.2, -0.15) is 8.78 Å². The van der Waals surface area contributed by atoms with Crippen LogP contribution >= 0.6 is 11.3 Å². The summed E-state index contributed by atoms with van der Waals surface area (Å²) in [4.78, 5) is 15.7. The second-order valence-corrected chi connectivity index (χ2v) is 5.76. The zero-order valence-corrected chi connectivity index (χ0v) is 12.6. The molecule has 2 unspecified atom stereocenters. The fourth-order valence-electron chi connectivity index (χ4n) is 1.95. The maximum atomic E-state index is 12.9. The molecule has 0 saturated heterocycles. The summed E-state index contributed by atoms with van der Waals surface area (Å²) >= 11 is 1.28. The van der Waals surface area contributed by atoms with Crippen LogP contribution in [0.3, 0.4) is 0 Å². The molecule has 0 radical (unpaired) electrons. The third-order valence-electron chi connectivity index (χ3n) is 3.13. The maximum Gasteiger partial charge on any atom is 0.315 e. The molecule has 0 spiro atoms. The summed E-state index contributed by atoms with van der Waals surface area (Å²) in [6, 6.07) is 4.92. The number of nitrogens with two attached hydrogens (primary N) is 1. The van der Waals surface area contributed by atoms with Gasteiger partial charge in [-0.3, -0.25) is 4.79 Å². The van der Waals surface area contributed by atoms with Crippen molar-refractivity contribution in [3.05, 3.63) is 36.0 Å². The van der Waals surface area contributed by atoms with Crippen LogP contribution in [0.2, 0.25) is 0 Å². The summed E-state index contributed by atoms with van der Waals surface area (Å²) in [5.74, 6) is -1.62. The number of halogens is 3. The number of nitrogen functional groups attached to an aromatic ring is 1. The van der Waals surface area contributed by atoms with Crippen LogP contribution in [-0.4, -0.2) is 35.1 Å². The molecule has 0 bridgehead atoms. The number of hydrogen-bond acceptors (Lipinski definition) is 5. The van der Waals surface area contributed by atoms with Crippen LogP contribution in [-0.2, 0) is 4.79 Å². The first kappa shape index (κ1) is 17.2. The monoisotopic (exact) mass is 345 g/mol. The van der Waals surface area contributed by atoms with Crippen LogP contribution < -0.4 is 11.1 Å². The average molecular weight is 345 g/mol. The molecule has 0 aliphatic carbocycles. The zero-order valence-electron chi connectivity index (χ0n) is 11.7. The Balaban J connectivity index is 2.12. The van der Waals surface area contributed by atoms with Gasteiger partial charge in [-0.25, -0.2) is 9.37 Å². The Hall–Kier alpha value is -2.13. The van der Waals surface area contributed by atoms with Gasteiger partial charge in [0.2, 0.25) is 0 Å². The van der Waals surface area contributed by atoms with E-state index in [9.17, 15) is 23.1 Å². The van der Waals surface area contributed by atoms with E-state index in [1.165, 1.54) is 23.5 Å². The molecule has 0 aliphatic heterocycles. The normalized spacial score (nSPS) is 13.8. The van der Waals surface area contributed by atoms with Crippen molar-refractivity contribution in [2.45, 2.75) is 18.6 Å². The molecule has 1 aromatic carbocycles. The van der Waals surface area contributed by atoms with Crippen molar-refractivity contribution in [3.8, 4) is 10.4 Å². The van der Waals surface area contributed by atoms with Crippen LogP contribution in [0.1, 0.15) is 11.7 Å². The molecule has 5 nitrogen and oxygen atoms in total. The number of alkyl halides is 3. The first-order valence-electron chi connectivity index (χ1n) is 6.56. The summed E-state index contributed by atoms with van der Waals surface area (Å²) in [7, 11) is 0. The van der Waals surface area contributed by atoms with Crippen molar-refractivity contribution in [2.24, 2.45) is 0 Å². The lowest BCUT2D eigenvalue weighted by molar-refractivity contribution is -0.133. The summed E-state index contributed by atoms with van der Waals surface area (Å²) in [6.07, 6.45) is -3.11. The van der Waals surface area contributed by atoms with Crippen molar-refractivity contribution in [1.29, 1.82) is 0 Å². The zero-order chi connectivity index (χ0) is 17.0. The fourth-order valence-corrected chi connectivity index (χ4v) is 2.64. The number of aromatic nitrogens is 1. The standard InChI is InChI=1S/C14H14F3N3O2S/c15-5-9(20-13(22)12(16)17)11(21)8-3-1-7(2-4-8)10-6-19-14(18)23-10/h1-4,6,9,11-12,21H,5H2,(H2,18,19)(H,20,22). The Morgan fingerprint density at radius 3 is 2.48 bits per heavy atom. The van der Waals surface area contributed by atoms with Crippen LogP contribution in [0, 0.1) is 0 Å². The molecule has 1 amide bonds. The van der Waals surface area contributed by atoms with E-state index >= 15 is 0 Å². The minimum atomic E-state index is -3.27. The van der Waals surface area contributed by atoms with Crippen LogP contribution in [0.5, 0.6) is 0 Å². The molecular formula is C14H14F3N3O2S. The topological polar surface area (TPSA) is 88.2 Å². The third-order valence-corrected chi connectivity index (χ3v) is 4.01. The molecule has 9 heteroatoms. The first-order chi connectivity index (χ1) is 10.9. The number of rotatable bonds is 6. The molecule has 124 valence electrons. The number of carbonyl (C=O) groups is 1. The molecule has 2 aromatic rings. The van der Waals surface area contributed by atoms with E-state index in [0.717, 1.165) is 10.4 Å². The molecule has 4 N–H and O–H groups in total. The van der Waals surface area contributed by atoms with Crippen molar-refractivity contribution < 1.29 is 23.1 Å². The van der Waals surface area contributed by atoms with Gasteiger partial charge >= 0.3 is 6.43 Å². The van der Waals surface area contributed by atoms with E-state index in [2.05, 4.69) is 4.98 Å². The molecule has 0 aliphatic rings. The van der Waals surface area contributed by atoms with Gasteiger partial charge in [0.25, 0.3) is 5.91 Å². The molecule has 2 atom stereocenters. The number of aliphatic hydroxyl groups excluding tert-OH is 1. The largest absolute Gasteiger partial charge is 0.386 e. The highest BCUT2D eigenvalue weighted by atomic mass is 32.1. The average Bonchev–Trinajstić information content (AvgIpc) is 2.98. The molecule has 2 rings (SSSR count). The fraction of sp³-hybridized carbons (Fsp3) is 0.286. The second kappa shape index (κ2) is 7.42. The number of anilines is 1. The van der Waals surface area contributed by atoms with E-state index < -0.39 is 31.2 Å². The van der Waals surface area contributed by atoms with Crippen molar-refractivity contribution >= 4 is 22.4 Å². The highest BCUT2D eigenvalue weighted by molar-refractivity contribution is 7.18. The molecule has 0 saturated carbocycles. The van der Waals surface area contributed by atoms with Crippen LogP contribution in [0.4, 0.5) is 18.3 Å². The summed E-state index contributed by atoms with van der Waals surface area (Å²) < 4.78 is 37.3. The van der Waals surface area contributed by atoms with E-state index in [1.54, 1.807) is 23.6 Å². The highest BCUT2D eigenvalue weighted by Gasteiger charge is 2.26. The minimum Gasteiger partial charge on any atom is -0.386 e. The van der Waals surface area contributed by atoms with Gasteiger partial charge in [-0.15, -0.1) is 0 Å². The van der Waals surface area contributed by atoms with Crippen LogP contribution in [0.15, 0.2) is 30.5 Å². The molecule has 1 aromatic heterocycles. The summed E-state index contributed by atoms with van der Waals surface area (Å²) in [6.45, 7) is -1.17. The lowest BCUT2D eigenvalue weighted by Gasteiger charge is -2.21. The van der Waals surface area contributed by atoms with Crippen molar-refractivity contribution in [2.75, 3.05) is 12.4 Å². The van der Waals surface area contributed by atoms with E-state index in [1.807, 2.05) is 0 Å². The predicted molar refractivity (Wildman–Crippen MR) is 80.8 cm³/mol. The molecule has 23 heavy (non-hydrogen) atoms. The van der Waals surface area contributed by atoms with Gasteiger partial charge in [-0.05, 0) is 11.1 Å². The molecule has 0 fully saturated rings. The number of amides is 1. The smallest absolute Gasteiger partial charge is 0.315 e. The number of thiazole rings is 1. The highest BCUT2D eigenvalue weighted by Crippen LogP contribution is 2.28. The summed E-state index contributed by atoms with van der Waals surface area (Å²) in [5, 5.41) is 12.2. The number of carbonyl (C=O) groups excluding carboxylic acids is 1. The van der Waals surface area contributed by atoms with Gasteiger partial charge in [0, 0.05) is 6.20 Å². The Morgan fingerprint density at radius 1 is 1.35 bits per heavy atom. The van der Waals surface area contributed by atoms with Crippen LogP contribution in [0.25, 0.3) is 10.4 Å². The number of benzene rings is 1. The second-order valence-electron chi connectivity index (χ2n) is 4.70. The number of nitrogens with one attached hydrogen (secondary N) is 1. The van der Waals surface area contributed by atoms with Gasteiger partial charge in [0.05, 0.1) is 10.9 Å². The van der Waals surface area contributed by atoms with E-state index in [-0.39, 0.29) is 0 Å². The Labute approximate surface area is 134 Å². The number of aliphatic hydroxyl groups is 1. The quantitative estimate of drug-likeness (QED) is 0.748. The Morgan fingerprint density at radius 2 is 2.00 bits per heavy atom. The number of nitrogens with zero attached hydrogens (tertiary/aromatic N) is 1. The van der Waals surface area contributed by atoms with Crippen molar-refractivity contribution in [3.63, 3.8) is 0 Å². The predicted octanol–water partition coefficient (Wildman–Crippen LogP) is 2.15. The number of hydrogen-bond donors (Lipinski definition) is 3. The van der Waals surface area contributed by atoms with Gasteiger partial charge in [0.15, 0.2) is 5.13 Å². The third kappa shape index (κ3) is 4.20. The minimum absolute atomic E-state index is 0.295. The molecule has 1 heterocycles. The van der Waals surface area contributed by atoms with Gasteiger partial charge < -0.3 is 16.2 Å². The Kier molecular flexibility index (Phi) is 5.56. The lowest BCUT2D eigenvalue weighted by Crippen LogP contribution is -2.43. The SMILES string of the molecule is Nc1ncc(-c2ccc(C(O)C(CF)NC(=O)C(F)F)cc2)s1. The first-order valence-corrected chi connectivity index (χ1v) is 7.38. The lowest BCUT2D eigenvalue weighted by atomic mass is 10.0. The van der Waals surface area contributed by atoms with Crippen molar-refractivity contribution in [1.82, 2.24) is 10.3 Å². The van der Waals surface area contributed by atoms with Gasteiger partial charge in [0.1, 0.15) is 12.8 Å². The van der Waals surface area contributed by atoms with E-state index in [4.69, 9.17) is 5.73 Å². The molecular weight excluding hydrogens is 331 g/mol. The van der Waals surface area contributed by atoms with Gasteiger partial charge in [-0.1, -0.05) is 35.6 Å².